The van der Waals surface area contributed by atoms with Crippen LogP contribution in [-0.4, -0.2) is 30.9 Å². The van der Waals surface area contributed by atoms with Gasteiger partial charge in [0.25, 0.3) is 6.41 Å². The molecular formula is C20H31NO3. The van der Waals surface area contributed by atoms with Crippen LogP contribution in [0.1, 0.15) is 71.1 Å². The highest BCUT2D eigenvalue weighted by Gasteiger charge is 2.24. The minimum atomic E-state index is -0.580. The zero-order chi connectivity index (χ0) is 18.0. The number of hydrogen-bond donors (Lipinski definition) is 1. The number of phenolic OH excluding ortho intramolecular Hbond substituents is 1. The monoisotopic (exact) mass is 333 g/mol. The molecule has 0 unspecified atom stereocenters. The second-order valence-electron chi connectivity index (χ2n) is 8.50. The molecule has 0 aromatic heterocycles. The van der Waals surface area contributed by atoms with Crippen molar-refractivity contribution in [1.82, 2.24) is 0 Å². The molecule has 1 N–H and O–H groups in total. The van der Waals surface area contributed by atoms with Crippen LogP contribution in [0.4, 0.5) is 0 Å². The molecule has 24 heavy (non-hydrogen) atoms. The fraction of sp³-hybridized carbons (Fsp3) is 0.650. The number of nitrogens with zero attached hydrogens (tertiary/aromatic N) is 1. The first kappa shape index (κ1) is 18.9. The van der Waals surface area contributed by atoms with Gasteiger partial charge in [-0.15, -0.1) is 0 Å². The van der Waals surface area contributed by atoms with Crippen molar-refractivity contribution in [3.8, 4) is 5.75 Å². The molecule has 1 fully saturated rings. The predicted molar refractivity (Wildman–Crippen MR) is 98.0 cm³/mol. The second kappa shape index (κ2) is 7.24. The lowest BCUT2D eigenvalue weighted by molar-refractivity contribution is -0.118. The van der Waals surface area contributed by atoms with Crippen molar-refractivity contribution in [2.24, 2.45) is 4.99 Å². The van der Waals surface area contributed by atoms with Crippen molar-refractivity contribution in [1.29, 1.82) is 0 Å². The molecule has 2 rings (SSSR count). The number of phenols is 1. The molecule has 4 heteroatoms. The third kappa shape index (κ3) is 4.81. The lowest BCUT2D eigenvalue weighted by Gasteiger charge is -2.27. The molecule has 4 nitrogen and oxygen atoms in total. The average Bonchev–Trinajstić information content (AvgIpc) is 2.72. The van der Waals surface area contributed by atoms with Crippen molar-refractivity contribution >= 4 is 6.21 Å². The van der Waals surface area contributed by atoms with Gasteiger partial charge in [0.05, 0.1) is 13.2 Å². The Morgan fingerprint density at radius 3 is 2.08 bits per heavy atom. The molecule has 0 spiro atoms. The van der Waals surface area contributed by atoms with E-state index in [1.165, 1.54) is 5.56 Å². The zero-order valence-electron chi connectivity index (χ0n) is 15.8. The van der Waals surface area contributed by atoms with Crippen molar-refractivity contribution in [3.63, 3.8) is 0 Å². The molecule has 1 aliphatic rings. The van der Waals surface area contributed by atoms with Gasteiger partial charge in [-0.3, -0.25) is 0 Å². The minimum Gasteiger partial charge on any atom is -0.507 e. The first-order valence-corrected chi connectivity index (χ1v) is 8.73. The van der Waals surface area contributed by atoms with E-state index in [0.29, 0.717) is 18.8 Å². The molecule has 0 amide bonds. The van der Waals surface area contributed by atoms with E-state index in [4.69, 9.17) is 9.47 Å². The quantitative estimate of drug-likeness (QED) is 0.810. The molecule has 0 radical (unpaired) electrons. The summed E-state index contributed by atoms with van der Waals surface area (Å²) in [7, 11) is 0. The smallest absolute Gasteiger partial charge is 0.258 e. The first-order valence-electron chi connectivity index (χ1n) is 8.73. The third-order valence-electron chi connectivity index (χ3n) is 4.21. The summed E-state index contributed by atoms with van der Waals surface area (Å²) in [6.45, 7) is 14.1. The molecule has 0 bridgehead atoms. The van der Waals surface area contributed by atoms with Crippen LogP contribution in [-0.2, 0) is 20.3 Å². The number of aromatic hydroxyl groups is 1. The van der Waals surface area contributed by atoms with Crippen LogP contribution >= 0.6 is 0 Å². The highest BCUT2D eigenvalue weighted by atomic mass is 16.7. The number of ether oxygens (including phenoxy) is 2. The average molecular weight is 333 g/mol. The molecule has 134 valence electrons. The van der Waals surface area contributed by atoms with E-state index in [9.17, 15) is 5.11 Å². The summed E-state index contributed by atoms with van der Waals surface area (Å²) in [6.07, 6.45) is 3.08. The number of hydrogen-bond acceptors (Lipinski definition) is 4. The largest absolute Gasteiger partial charge is 0.507 e. The summed E-state index contributed by atoms with van der Waals surface area (Å²) >= 11 is 0. The Balaban J connectivity index is 2.40. The summed E-state index contributed by atoms with van der Waals surface area (Å²) < 4.78 is 11.1. The van der Waals surface area contributed by atoms with E-state index in [1.807, 2.05) is 6.07 Å². The molecule has 0 saturated carbocycles. The predicted octanol–water partition coefficient (Wildman–Crippen LogP) is 4.52. The number of rotatable bonds is 2. The van der Waals surface area contributed by atoms with E-state index in [0.717, 1.165) is 18.4 Å². The van der Waals surface area contributed by atoms with Crippen molar-refractivity contribution in [3.05, 3.63) is 28.8 Å². The van der Waals surface area contributed by atoms with Gasteiger partial charge in [0, 0.05) is 17.3 Å². The summed E-state index contributed by atoms with van der Waals surface area (Å²) in [4.78, 5) is 4.39. The van der Waals surface area contributed by atoms with Crippen LogP contribution < -0.4 is 0 Å². The van der Waals surface area contributed by atoms with Gasteiger partial charge >= 0.3 is 0 Å². The van der Waals surface area contributed by atoms with Gasteiger partial charge in [-0.2, -0.15) is 0 Å². The third-order valence-corrected chi connectivity index (χ3v) is 4.21. The van der Waals surface area contributed by atoms with Crippen molar-refractivity contribution in [2.45, 2.75) is 71.6 Å². The molecule has 1 aliphatic heterocycles. The Hall–Kier alpha value is -1.39. The Labute approximate surface area is 145 Å². The molecule has 1 aromatic rings. The van der Waals surface area contributed by atoms with E-state index in [2.05, 4.69) is 52.6 Å². The maximum absolute atomic E-state index is 10.7. The summed E-state index contributed by atoms with van der Waals surface area (Å²) in [5.74, 6) is 0.285. The maximum atomic E-state index is 10.7. The van der Waals surface area contributed by atoms with E-state index < -0.39 is 6.41 Å². The fourth-order valence-electron chi connectivity index (χ4n) is 2.61. The Morgan fingerprint density at radius 2 is 1.58 bits per heavy atom. The number of aliphatic imine (C=N–C) groups is 1. The van der Waals surface area contributed by atoms with Gasteiger partial charge in [-0.25, -0.2) is 4.99 Å². The van der Waals surface area contributed by atoms with Crippen molar-refractivity contribution in [2.75, 3.05) is 13.2 Å². The van der Waals surface area contributed by atoms with Crippen molar-refractivity contribution < 1.29 is 14.6 Å². The molecule has 1 saturated heterocycles. The number of benzene rings is 1. The van der Waals surface area contributed by atoms with Crippen LogP contribution in [0.25, 0.3) is 0 Å². The lowest BCUT2D eigenvalue weighted by Crippen LogP contribution is -2.18. The minimum absolute atomic E-state index is 0.00832. The van der Waals surface area contributed by atoms with Gasteiger partial charge in [0.15, 0.2) is 0 Å². The normalized spacial score (nSPS) is 18.1. The summed E-state index contributed by atoms with van der Waals surface area (Å²) in [6, 6.07) is 4.11. The SMILES string of the molecule is CC(C)(C)c1cc(C=NC2OCCCCO2)c(O)c(C(C)(C)C)c1. The van der Waals surface area contributed by atoms with E-state index in [1.54, 1.807) is 6.21 Å². The Bertz CT molecular complexity index is 586. The standard InChI is InChI=1S/C20H31NO3/c1-19(2,3)15-11-14(17(22)16(12-15)20(4,5)6)13-21-18-23-9-7-8-10-24-18/h11-13,18,22H,7-10H2,1-6H3. The van der Waals surface area contributed by atoms with Gasteiger partial charge in [0.1, 0.15) is 5.75 Å². The van der Waals surface area contributed by atoms with Crippen LogP contribution in [0.2, 0.25) is 0 Å². The second-order valence-corrected chi connectivity index (χ2v) is 8.50. The van der Waals surface area contributed by atoms with Gasteiger partial charge in [-0.1, -0.05) is 47.6 Å². The van der Waals surface area contributed by atoms with E-state index >= 15 is 0 Å². The summed E-state index contributed by atoms with van der Waals surface area (Å²) in [5, 5.41) is 10.7. The van der Waals surface area contributed by atoms with Gasteiger partial charge in [-0.05, 0) is 35.3 Å². The molecule has 0 aliphatic carbocycles. The highest BCUT2D eigenvalue weighted by Crippen LogP contribution is 2.37. The molecule has 0 atom stereocenters. The van der Waals surface area contributed by atoms with Gasteiger partial charge < -0.3 is 14.6 Å². The molecule has 1 aromatic carbocycles. The zero-order valence-corrected chi connectivity index (χ0v) is 15.8. The van der Waals surface area contributed by atoms with Crippen LogP contribution in [0.15, 0.2) is 17.1 Å². The molecular weight excluding hydrogens is 302 g/mol. The highest BCUT2D eigenvalue weighted by molar-refractivity contribution is 5.85. The lowest BCUT2D eigenvalue weighted by atomic mass is 9.79. The van der Waals surface area contributed by atoms with Crippen LogP contribution in [0.5, 0.6) is 5.75 Å². The maximum Gasteiger partial charge on any atom is 0.258 e. The van der Waals surface area contributed by atoms with Crippen LogP contribution in [0, 0.1) is 0 Å². The Morgan fingerprint density at radius 1 is 1.00 bits per heavy atom. The van der Waals surface area contributed by atoms with E-state index in [-0.39, 0.29) is 16.6 Å². The van der Waals surface area contributed by atoms with Gasteiger partial charge in [0.2, 0.25) is 0 Å². The topological polar surface area (TPSA) is 51.0 Å². The Kier molecular flexibility index (Phi) is 5.71. The van der Waals surface area contributed by atoms with Crippen LogP contribution in [0.3, 0.4) is 0 Å². The summed E-state index contributed by atoms with van der Waals surface area (Å²) in [5.41, 5.74) is 2.66. The first-order chi connectivity index (χ1) is 11.1. The molecule has 1 heterocycles. The fourth-order valence-corrected chi connectivity index (χ4v) is 2.61.